The first kappa shape index (κ1) is 19.0. The van der Waals surface area contributed by atoms with Gasteiger partial charge in [-0.05, 0) is 35.4 Å². The highest BCUT2D eigenvalue weighted by Crippen LogP contribution is 2.31. The summed E-state index contributed by atoms with van der Waals surface area (Å²) in [5.74, 6) is -6.36. The lowest BCUT2D eigenvalue weighted by molar-refractivity contribution is -0.275. The number of pyridine rings is 1. The Hall–Kier alpha value is -2.82. The lowest BCUT2D eigenvalue weighted by Gasteiger charge is -2.14. The van der Waals surface area contributed by atoms with Gasteiger partial charge < -0.3 is 9.47 Å². The summed E-state index contributed by atoms with van der Waals surface area (Å²) in [6.45, 7) is -0.921. The summed E-state index contributed by atoms with van der Waals surface area (Å²) < 4.78 is 87.8. The van der Waals surface area contributed by atoms with Crippen molar-refractivity contribution >= 4 is 5.65 Å². The molecule has 144 valence electrons. The first-order valence-electron chi connectivity index (χ1n) is 7.38. The van der Waals surface area contributed by atoms with Crippen molar-refractivity contribution < 1.29 is 35.8 Å². The Morgan fingerprint density at radius 1 is 1.00 bits per heavy atom. The molecule has 0 bridgehead atoms. The molecule has 0 aliphatic rings. The molecule has 0 fully saturated rings. The summed E-state index contributed by atoms with van der Waals surface area (Å²) >= 11 is 0. The summed E-state index contributed by atoms with van der Waals surface area (Å²) in [6, 6.07) is 5.59. The van der Waals surface area contributed by atoms with Crippen LogP contribution in [0.4, 0.5) is 26.3 Å². The molecular weight excluding hydrogens is 380 g/mol. The standard InChI is InChI=1S/C16H11F6N3O2/c1-26-8-15(18,19)14-24-23-13-5-3-10(7-25(13)14)9-2-4-12(11(17)6-9)27-16(20,21)22/h2-7H,8H2,1H3. The van der Waals surface area contributed by atoms with Crippen LogP contribution in [0, 0.1) is 5.82 Å². The van der Waals surface area contributed by atoms with E-state index in [1.54, 1.807) is 0 Å². The predicted molar refractivity (Wildman–Crippen MR) is 80.8 cm³/mol. The van der Waals surface area contributed by atoms with Gasteiger partial charge in [0, 0.05) is 13.3 Å². The molecule has 0 unspecified atom stereocenters. The molecule has 3 aromatic rings. The topological polar surface area (TPSA) is 48.7 Å². The number of benzene rings is 1. The van der Waals surface area contributed by atoms with E-state index in [1.165, 1.54) is 24.4 Å². The van der Waals surface area contributed by atoms with Gasteiger partial charge in [-0.1, -0.05) is 6.07 Å². The van der Waals surface area contributed by atoms with Gasteiger partial charge in [-0.25, -0.2) is 4.39 Å². The van der Waals surface area contributed by atoms with Crippen molar-refractivity contribution in [2.75, 3.05) is 13.7 Å². The number of alkyl halides is 5. The van der Waals surface area contributed by atoms with Crippen molar-refractivity contribution in [3.63, 3.8) is 0 Å². The molecule has 0 aliphatic heterocycles. The normalized spacial score (nSPS) is 12.6. The van der Waals surface area contributed by atoms with Gasteiger partial charge in [0.25, 0.3) is 0 Å². The maximum atomic E-state index is 14.1. The number of aromatic nitrogens is 3. The smallest absolute Gasteiger partial charge is 0.403 e. The van der Waals surface area contributed by atoms with Crippen LogP contribution >= 0.6 is 0 Å². The van der Waals surface area contributed by atoms with E-state index in [4.69, 9.17) is 0 Å². The predicted octanol–water partition coefficient (Wildman–Crippen LogP) is 4.17. The van der Waals surface area contributed by atoms with E-state index >= 15 is 0 Å². The van der Waals surface area contributed by atoms with Gasteiger partial charge in [-0.15, -0.1) is 23.4 Å². The van der Waals surface area contributed by atoms with Crippen LogP contribution in [0.2, 0.25) is 0 Å². The number of hydrogen-bond acceptors (Lipinski definition) is 4. The molecule has 0 saturated heterocycles. The van der Waals surface area contributed by atoms with Crippen LogP contribution in [0.15, 0.2) is 36.5 Å². The van der Waals surface area contributed by atoms with Crippen molar-refractivity contribution in [2.24, 2.45) is 0 Å². The highest BCUT2D eigenvalue weighted by molar-refractivity contribution is 5.65. The van der Waals surface area contributed by atoms with Gasteiger partial charge in [0.1, 0.15) is 6.61 Å². The molecule has 5 nitrogen and oxygen atoms in total. The van der Waals surface area contributed by atoms with Crippen LogP contribution in [0.1, 0.15) is 5.82 Å². The zero-order valence-electron chi connectivity index (χ0n) is 13.6. The number of nitrogens with zero attached hydrogens (tertiary/aromatic N) is 3. The Labute approximate surface area is 148 Å². The Bertz CT molecular complexity index is 970. The Kier molecular flexibility index (Phi) is 4.72. The average Bonchev–Trinajstić information content (AvgIpc) is 2.99. The van der Waals surface area contributed by atoms with Gasteiger partial charge in [0.2, 0.25) is 5.82 Å². The summed E-state index contributed by atoms with van der Waals surface area (Å²) in [5.41, 5.74) is 0.523. The molecule has 0 atom stereocenters. The second kappa shape index (κ2) is 6.72. The van der Waals surface area contributed by atoms with Crippen LogP contribution in [0.5, 0.6) is 5.75 Å². The molecule has 0 radical (unpaired) electrons. The molecule has 0 amide bonds. The number of methoxy groups -OCH3 is 1. The molecule has 2 aromatic heterocycles. The van der Waals surface area contributed by atoms with Crippen LogP contribution in [0.25, 0.3) is 16.8 Å². The zero-order valence-corrected chi connectivity index (χ0v) is 13.6. The van der Waals surface area contributed by atoms with Crippen molar-refractivity contribution in [2.45, 2.75) is 12.3 Å². The maximum Gasteiger partial charge on any atom is 0.573 e. The third-order valence-electron chi connectivity index (χ3n) is 3.55. The van der Waals surface area contributed by atoms with Crippen molar-refractivity contribution in [1.82, 2.24) is 14.6 Å². The second-order valence-corrected chi connectivity index (χ2v) is 5.50. The third-order valence-corrected chi connectivity index (χ3v) is 3.55. The Morgan fingerprint density at radius 2 is 1.70 bits per heavy atom. The minimum Gasteiger partial charge on any atom is -0.403 e. The highest BCUT2D eigenvalue weighted by Gasteiger charge is 2.37. The van der Waals surface area contributed by atoms with Gasteiger partial charge >= 0.3 is 12.3 Å². The summed E-state index contributed by atoms with van der Waals surface area (Å²) in [5, 5.41) is 7.09. The first-order chi connectivity index (χ1) is 12.6. The molecule has 3 rings (SSSR count). The molecule has 0 saturated carbocycles. The first-order valence-corrected chi connectivity index (χ1v) is 7.38. The van der Waals surface area contributed by atoms with Gasteiger partial charge in [0.15, 0.2) is 17.2 Å². The van der Waals surface area contributed by atoms with E-state index in [0.717, 1.165) is 23.6 Å². The summed E-state index contributed by atoms with van der Waals surface area (Å²) in [6.07, 6.45) is -3.81. The molecule has 0 spiro atoms. The number of rotatable bonds is 5. The molecule has 27 heavy (non-hydrogen) atoms. The molecular formula is C16H11F6N3O2. The van der Waals surface area contributed by atoms with Crippen molar-refractivity contribution in [3.8, 4) is 16.9 Å². The molecule has 0 aliphatic carbocycles. The Balaban J connectivity index is 2.01. The minimum absolute atomic E-state index is 0.113. The van der Waals surface area contributed by atoms with Crippen LogP contribution in [-0.2, 0) is 10.7 Å². The minimum atomic E-state index is -5.04. The van der Waals surface area contributed by atoms with Gasteiger partial charge in [-0.3, -0.25) is 4.40 Å². The highest BCUT2D eigenvalue weighted by atomic mass is 19.4. The average molecular weight is 391 g/mol. The van der Waals surface area contributed by atoms with Crippen molar-refractivity contribution in [3.05, 3.63) is 48.2 Å². The number of hydrogen-bond donors (Lipinski definition) is 0. The zero-order chi connectivity index (χ0) is 19.8. The van der Waals surface area contributed by atoms with Crippen LogP contribution in [0.3, 0.4) is 0 Å². The molecule has 2 heterocycles. The molecule has 0 N–H and O–H groups in total. The van der Waals surface area contributed by atoms with Crippen LogP contribution in [-0.4, -0.2) is 34.7 Å². The van der Waals surface area contributed by atoms with Gasteiger partial charge in [0.05, 0.1) is 0 Å². The fraction of sp³-hybridized carbons (Fsp3) is 0.250. The second-order valence-electron chi connectivity index (χ2n) is 5.50. The van der Waals surface area contributed by atoms with Crippen LogP contribution < -0.4 is 4.74 Å². The van der Waals surface area contributed by atoms with Crippen molar-refractivity contribution in [1.29, 1.82) is 0 Å². The monoisotopic (exact) mass is 391 g/mol. The van der Waals surface area contributed by atoms with E-state index in [1.807, 2.05) is 0 Å². The summed E-state index contributed by atoms with van der Waals surface area (Å²) in [7, 11) is 1.11. The number of fused-ring (bicyclic) bond motifs is 1. The maximum absolute atomic E-state index is 14.1. The van der Waals surface area contributed by atoms with E-state index in [9.17, 15) is 26.3 Å². The molecule has 1 aromatic carbocycles. The quantitative estimate of drug-likeness (QED) is 0.613. The fourth-order valence-corrected chi connectivity index (χ4v) is 2.44. The third kappa shape index (κ3) is 3.97. The lowest BCUT2D eigenvalue weighted by Crippen LogP contribution is -2.23. The largest absolute Gasteiger partial charge is 0.573 e. The molecule has 11 heteroatoms. The lowest BCUT2D eigenvalue weighted by atomic mass is 10.1. The summed E-state index contributed by atoms with van der Waals surface area (Å²) in [4.78, 5) is 0. The van der Waals surface area contributed by atoms with E-state index in [-0.39, 0.29) is 16.8 Å². The van der Waals surface area contributed by atoms with Gasteiger partial charge in [-0.2, -0.15) is 8.78 Å². The van der Waals surface area contributed by atoms with E-state index in [2.05, 4.69) is 19.7 Å². The van der Waals surface area contributed by atoms with E-state index < -0.39 is 36.3 Å². The van der Waals surface area contributed by atoms with E-state index in [0.29, 0.717) is 0 Å². The fourth-order valence-electron chi connectivity index (χ4n) is 2.44. The number of ether oxygens (including phenoxy) is 2. The Morgan fingerprint density at radius 3 is 2.33 bits per heavy atom. The number of halogens is 6. The SMILES string of the molecule is COCC(F)(F)c1nnc2ccc(-c3ccc(OC(F)(F)F)c(F)c3)cn12.